The second kappa shape index (κ2) is 6.50. The van der Waals surface area contributed by atoms with Crippen LogP contribution >= 0.6 is 11.3 Å². The van der Waals surface area contributed by atoms with Crippen LogP contribution in [-0.4, -0.2) is 33.6 Å². The van der Waals surface area contributed by atoms with Crippen LogP contribution in [0.4, 0.5) is 9.52 Å². The van der Waals surface area contributed by atoms with E-state index in [1.165, 1.54) is 23.5 Å². The lowest BCUT2D eigenvalue weighted by Crippen LogP contribution is -2.39. The number of hydrogen-bond donors (Lipinski definition) is 1. The van der Waals surface area contributed by atoms with Crippen molar-refractivity contribution in [1.29, 1.82) is 0 Å². The van der Waals surface area contributed by atoms with Crippen LogP contribution < -0.4 is 5.32 Å². The molecule has 0 bridgehead atoms. The molecular weight excluding hydrogens is 303 g/mol. The van der Waals surface area contributed by atoms with Crippen LogP contribution in [0, 0.1) is 12.7 Å². The Hall–Kier alpha value is -1.86. The molecule has 1 aromatic carbocycles. The first kappa shape index (κ1) is 15.1. The Labute approximate surface area is 132 Å². The molecular formula is C15H17FN4OS. The Balaban J connectivity index is 1.64. The lowest BCUT2D eigenvalue weighted by molar-refractivity contribution is -0.120. The highest BCUT2D eigenvalue weighted by molar-refractivity contribution is 7.15. The Bertz CT molecular complexity index is 658. The summed E-state index contributed by atoms with van der Waals surface area (Å²) in [6, 6.07) is 6.25. The van der Waals surface area contributed by atoms with Gasteiger partial charge in [-0.05, 0) is 44.0 Å². The first-order chi connectivity index (χ1) is 10.6. The van der Waals surface area contributed by atoms with E-state index in [9.17, 15) is 9.18 Å². The highest BCUT2D eigenvalue weighted by Crippen LogP contribution is 2.22. The van der Waals surface area contributed by atoms with Gasteiger partial charge in [0.1, 0.15) is 10.8 Å². The number of anilines is 1. The van der Waals surface area contributed by atoms with Gasteiger partial charge in [0.15, 0.2) is 0 Å². The molecule has 7 heteroatoms. The zero-order valence-electron chi connectivity index (χ0n) is 12.3. The molecule has 1 fully saturated rings. The van der Waals surface area contributed by atoms with Crippen molar-refractivity contribution >= 4 is 22.4 Å². The molecule has 0 saturated carbocycles. The molecule has 1 amide bonds. The van der Waals surface area contributed by atoms with Gasteiger partial charge in [0, 0.05) is 6.54 Å². The highest BCUT2D eigenvalue weighted by Gasteiger charge is 2.31. The summed E-state index contributed by atoms with van der Waals surface area (Å²) in [6.45, 7) is 3.36. The maximum atomic E-state index is 13.0. The number of benzene rings is 1. The topological polar surface area (TPSA) is 58.1 Å². The molecule has 2 heterocycles. The summed E-state index contributed by atoms with van der Waals surface area (Å²) in [5, 5.41) is 12.0. The summed E-state index contributed by atoms with van der Waals surface area (Å²) in [7, 11) is 0. The van der Waals surface area contributed by atoms with Crippen LogP contribution in [0.25, 0.3) is 0 Å². The molecule has 1 aromatic heterocycles. The van der Waals surface area contributed by atoms with E-state index in [1.54, 1.807) is 12.1 Å². The van der Waals surface area contributed by atoms with Crippen molar-refractivity contribution in [3.05, 3.63) is 40.7 Å². The van der Waals surface area contributed by atoms with Gasteiger partial charge in [-0.1, -0.05) is 23.5 Å². The second-order valence-electron chi connectivity index (χ2n) is 5.37. The van der Waals surface area contributed by atoms with Crippen molar-refractivity contribution in [2.75, 3.05) is 11.9 Å². The first-order valence-electron chi connectivity index (χ1n) is 7.21. The number of halogens is 1. The van der Waals surface area contributed by atoms with Gasteiger partial charge in [-0.3, -0.25) is 15.0 Å². The zero-order valence-corrected chi connectivity index (χ0v) is 13.1. The number of hydrogen-bond acceptors (Lipinski definition) is 5. The number of aromatic nitrogens is 2. The molecule has 1 saturated heterocycles. The Morgan fingerprint density at radius 1 is 1.41 bits per heavy atom. The predicted octanol–water partition coefficient (Wildman–Crippen LogP) is 2.59. The fourth-order valence-corrected chi connectivity index (χ4v) is 3.27. The van der Waals surface area contributed by atoms with E-state index in [-0.39, 0.29) is 17.8 Å². The average molecular weight is 320 g/mol. The third-order valence-electron chi connectivity index (χ3n) is 3.72. The summed E-state index contributed by atoms with van der Waals surface area (Å²) >= 11 is 1.37. The molecule has 0 radical (unpaired) electrons. The molecule has 3 rings (SSSR count). The van der Waals surface area contributed by atoms with E-state index in [0.717, 1.165) is 30.0 Å². The maximum Gasteiger partial charge on any atom is 0.243 e. The van der Waals surface area contributed by atoms with Gasteiger partial charge in [-0.15, -0.1) is 10.2 Å². The van der Waals surface area contributed by atoms with Gasteiger partial charge in [-0.25, -0.2) is 4.39 Å². The zero-order chi connectivity index (χ0) is 15.5. The second-order valence-corrected chi connectivity index (χ2v) is 6.55. The number of rotatable bonds is 4. The molecule has 0 spiro atoms. The highest BCUT2D eigenvalue weighted by atomic mass is 32.1. The molecule has 1 atom stereocenters. The summed E-state index contributed by atoms with van der Waals surface area (Å²) in [4.78, 5) is 14.5. The number of carbonyl (C=O) groups excluding carboxylic acids is 1. The predicted molar refractivity (Wildman–Crippen MR) is 83.1 cm³/mol. The van der Waals surface area contributed by atoms with Gasteiger partial charge in [0.2, 0.25) is 11.0 Å². The molecule has 0 aliphatic carbocycles. The van der Waals surface area contributed by atoms with Crippen LogP contribution in [0.5, 0.6) is 0 Å². The minimum Gasteiger partial charge on any atom is -0.299 e. The quantitative estimate of drug-likeness (QED) is 0.941. The number of aryl methyl sites for hydroxylation is 1. The van der Waals surface area contributed by atoms with E-state index < -0.39 is 0 Å². The molecule has 5 nitrogen and oxygen atoms in total. The van der Waals surface area contributed by atoms with Crippen molar-refractivity contribution in [3.8, 4) is 0 Å². The summed E-state index contributed by atoms with van der Waals surface area (Å²) in [5.41, 5.74) is 1.01. The Morgan fingerprint density at radius 3 is 2.86 bits per heavy atom. The summed E-state index contributed by atoms with van der Waals surface area (Å²) in [6.07, 6.45) is 1.80. The monoisotopic (exact) mass is 320 g/mol. The Morgan fingerprint density at radius 2 is 2.18 bits per heavy atom. The van der Waals surface area contributed by atoms with E-state index in [0.29, 0.717) is 11.7 Å². The van der Waals surface area contributed by atoms with E-state index >= 15 is 0 Å². The largest absolute Gasteiger partial charge is 0.299 e. The Kier molecular flexibility index (Phi) is 4.44. The van der Waals surface area contributed by atoms with Gasteiger partial charge in [0.25, 0.3) is 0 Å². The fourth-order valence-electron chi connectivity index (χ4n) is 2.67. The van der Waals surface area contributed by atoms with Crippen molar-refractivity contribution in [3.63, 3.8) is 0 Å². The van der Waals surface area contributed by atoms with Gasteiger partial charge in [0.05, 0.1) is 6.04 Å². The van der Waals surface area contributed by atoms with Gasteiger partial charge in [-0.2, -0.15) is 0 Å². The van der Waals surface area contributed by atoms with E-state index in [1.807, 2.05) is 6.92 Å². The lowest BCUT2D eigenvalue weighted by atomic mass is 10.1. The van der Waals surface area contributed by atoms with Crippen LogP contribution in [0.1, 0.15) is 23.4 Å². The number of nitrogens with one attached hydrogen (secondary N) is 1. The minimum atomic E-state index is -0.244. The third kappa shape index (κ3) is 3.48. The molecule has 2 aromatic rings. The van der Waals surface area contributed by atoms with Crippen LogP contribution in [0.3, 0.4) is 0 Å². The standard InChI is InChI=1S/C15H17FN4OS/c1-10-18-19-15(22-10)17-14(21)13-3-2-8-20(13)9-11-4-6-12(16)7-5-11/h4-7,13H,2-3,8-9H2,1H3,(H,17,19,21). The van der Waals surface area contributed by atoms with E-state index in [4.69, 9.17) is 0 Å². The average Bonchev–Trinajstić information content (AvgIpc) is 3.10. The molecule has 1 aliphatic rings. The van der Waals surface area contributed by atoms with Crippen molar-refractivity contribution in [2.24, 2.45) is 0 Å². The molecule has 1 aliphatic heterocycles. The van der Waals surface area contributed by atoms with Crippen molar-refractivity contribution in [2.45, 2.75) is 32.4 Å². The van der Waals surface area contributed by atoms with Gasteiger partial charge < -0.3 is 0 Å². The molecule has 1 N–H and O–H groups in total. The summed E-state index contributed by atoms with van der Waals surface area (Å²) < 4.78 is 13.0. The van der Waals surface area contributed by atoms with E-state index in [2.05, 4.69) is 20.4 Å². The van der Waals surface area contributed by atoms with Crippen molar-refractivity contribution in [1.82, 2.24) is 15.1 Å². The molecule has 22 heavy (non-hydrogen) atoms. The summed E-state index contributed by atoms with van der Waals surface area (Å²) in [5.74, 6) is -0.290. The fraction of sp³-hybridized carbons (Fsp3) is 0.400. The number of likely N-dealkylation sites (tertiary alicyclic amines) is 1. The third-order valence-corrected chi connectivity index (χ3v) is 4.48. The van der Waals surface area contributed by atoms with Crippen LogP contribution in [-0.2, 0) is 11.3 Å². The van der Waals surface area contributed by atoms with Crippen LogP contribution in [0.2, 0.25) is 0 Å². The maximum absolute atomic E-state index is 13.0. The first-order valence-corrected chi connectivity index (χ1v) is 8.03. The van der Waals surface area contributed by atoms with Crippen molar-refractivity contribution < 1.29 is 9.18 Å². The molecule has 116 valence electrons. The SMILES string of the molecule is Cc1nnc(NC(=O)C2CCCN2Cc2ccc(F)cc2)s1. The lowest BCUT2D eigenvalue weighted by Gasteiger charge is -2.23. The molecule has 1 unspecified atom stereocenters. The number of carbonyl (C=O) groups is 1. The van der Waals surface area contributed by atoms with Crippen LogP contribution in [0.15, 0.2) is 24.3 Å². The minimum absolute atomic E-state index is 0.0456. The van der Waals surface area contributed by atoms with Gasteiger partial charge >= 0.3 is 0 Å². The smallest absolute Gasteiger partial charge is 0.243 e. The normalized spacial score (nSPS) is 18.5. The number of amides is 1. The number of nitrogens with zero attached hydrogens (tertiary/aromatic N) is 3.